The van der Waals surface area contributed by atoms with Crippen LogP contribution in [0.5, 0.6) is 0 Å². The largest absolute Gasteiger partial charge is 0.347 e. The van der Waals surface area contributed by atoms with Crippen molar-refractivity contribution >= 4 is 21.8 Å². The highest BCUT2D eigenvalue weighted by atomic mass is 79.9. The average molecular weight is 379 g/mol. The Hall–Kier alpha value is -0.870. The van der Waals surface area contributed by atoms with Crippen molar-refractivity contribution < 1.29 is 4.79 Å². The Kier molecular flexibility index (Phi) is 4.84. The van der Waals surface area contributed by atoms with Gasteiger partial charge in [-0.3, -0.25) is 4.79 Å². The van der Waals surface area contributed by atoms with Crippen LogP contribution in [0.2, 0.25) is 0 Å². The molecule has 0 aliphatic heterocycles. The number of rotatable bonds is 3. The van der Waals surface area contributed by atoms with E-state index in [0.29, 0.717) is 17.9 Å². The lowest BCUT2D eigenvalue weighted by atomic mass is 9.65. The summed E-state index contributed by atoms with van der Waals surface area (Å²) >= 11 is 3.46. The molecule has 0 heterocycles. The topological polar surface area (TPSA) is 55.1 Å². The zero-order chi connectivity index (χ0) is 16.6. The van der Waals surface area contributed by atoms with Gasteiger partial charge in [-0.2, -0.15) is 0 Å². The van der Waals surface area contributed by atoms with E-state index in [1.165, 1.54) is 19.3 Å². The molecule has 1 amide bonds. The average Bonchev–Trinajstić information content (AvgIpc) is 2.46. The van der Waals surface area contributed by atoms with Gasteiger partial charge in [-0.1, -0.05) is 34.5 Å². The second-order valence-corrected chi connectivity index (χ2v) is 8.73. The molecule has 23 heavy (non-hydrogen) atoms. The zero-order valence-electron chi connectivity index (χ0n) is 14.0. The number of fused-ring (bicyclic) bond motifs is 2. The minimum Gasteiger partial charge on any atom is -0.347 e. The van der Waals surface area contributed by atoms with Crippen LogP contribution in [-0.4, -0.2) is 11.9 Å². The van der Waals surface area contributed by atoms with E-state index in [9.17, 15) is 4.79 Å². The van der Waals surface area contributed by atoms with Crippen LogP contribution in [0.3, 0.4) is 0 Å². The van der Waals surface area contributed by atoms with E-state index in [0.717, 1.165) is 22.9 Å². The molecule has 1 aromatic rings. The first-order chi connectivity index (χ1) is 10.9. The molecule has 3 N–H and O–H groups in total. The molecular formula is C19H27BrN2O. The molecule has 0 radical (unpaired) electrons. The minimum absolute atomic E-state index is 0.125. The minimum atomic E-state index is -0.355. The number of nitrogens with one attached hydrogen (secondary N) is 1. The maximum atomic E-state index is 12.8. The van der Waals surface area contributed by atoms with Gasteiger partial charge in [-0.15, -0.1) is 0 Å². The number of hydrogen-bond acceptors (Lipinski definition) is 2. The molecule has 3 rings (SSSR count). The SMILES string of the molecule is CC(C)(NC(=O)C1CC2CCCC(C1)C2N)c1ccc(Br)cc1. The monoisotopic (exact) mass is 378 g/mol. The van der Waals surface area contributed by atoms with E-state index in [1.54, 1.807) is 0 Å². The fourth-order valence-corrected chi connectivity index (χ4v) is 4.62. The summed E-state index contributed by atoms with van der Waals surface area (Å²) in [6.45, 7) is 4.15. The second kappa shape index (κ2) is 6.56. The zero-order valence-corrected chi connectivity index (χ0v) is 15.6. The number of halogens is 1. The first kappa shape index (κ1) is 17.0. The molecule has 2 saturated carbocycles. The molecule has 2 fully saturated rings. The molecule has 4 heteroatoms. The summed E-state index contributed by atoms with van der Waals surface area (Å²) in [6, 6.07) is 8.49. The Morgan fingerprint density at radius 3 is 2.30 bits per heavy atom. The Morgan fingerprint density at radius 2 is 1.74 bits per heavy atom. The number of carbonyl (C=O) groups excluding carboxylic acids is 1. The van der Waals surface area contributed by atoms with Crippen LogP contribution >= 0.6 is 15.9 Å². The van der Waals surface area contributed by atoms with Crippen LogP contribution < -0.4 is 11.1 Å². The third-order valence-corrected chi connectivity index (χ3v) is 6.31. The molecule has 3 nitrogen and oxygen atoms in total. The van der Waals surface area contributed by atoms with Crippen LogP contribution in [0.1, 0.15) is 51.5 Å². The lowest BCUT2D eigenvalue weighted by Gasteiger charge is -2.44. The van der Waals surface area contributed by atoms with Gasteiger partial charge >= 0.3 is 0 Å². The van der Waals surface area contributed by atoms with E-state index in [1.807, 2.05) is 12.1 Å². The van der Waals surface area contributed by atoms with E-state index in [4.69, 9.17) is 5.73 Å². The molecule has 2 atom stereocenters. The second-order valence-electron chi connectivity index (χ2n) is 7.82. The normalized spacial score (nSPS) is 30.8. The maximum Gasteiger partial charge on any atom is 0.223 e. The van der Waals surface area contributed by atoms with Gasteiger partial charge in [0.15, 0.2) is 0 Å². The highest BCUT2D eigenvalue weighted by molar-refractivity contribution is 9.10. The third kappa shape index (κ3) is 3.63. The molecule has 0 spiro atoms. The van der Waals surface area contributed by atoms with Crippen molar-refractivity contribution in [1.82, 2.24) is 5.32 Å². The van der Waals surface area contributed by atoms with Crippen molar-refractivity contribution in [3.05, 3.63) is 34.3 Å². The first-order valence-electron chi connectivity index (χ1n) is 8.70. The predicted molar refractivity (Wildman–Crippen MR) is 96.8 cm³/mol. The van der Waals surface area contributed by atoms with Crippen LogP contribution in [0.15, 0.2) is 28.7 Å². The Bertz CT molecular complexity index is 555. The Labute approximate surface area is 147 Å². The summed E-state index contributed by atoms with van der Waals surface area (Å²) < 4.78 is 1.05. The number of nitrogens with two attached hydrogens (primary N) is 1. The smallest absolute Gasteiger partial charge is 0.223 e. The summed E-state index contributed by atoms with van der Waals surface area (Å²) in [4.78, 5) is 12.8. The van der Waals surface area contributed by atoms with E-state index < -0.39 is 0 Å². The molecule has 2 aliphatic rings. The first-order valence-corrected chi connectivity index (χ1v) is 9.50. The van der Waals surface area contributed by atoms with E-state index in [2.05, 4.69) is 47.2 Å². The van der Waals surface area contributed by atoms with Crippen LogP contribution in [0.25, 0.3) is 0 Å². The van der Waals surface area contributed by atoms with Crippen LogP contribution in [0, 0.1) is 17.8 Å². The van der Waals surface area contributed by atoms with Gasteiger partial charge in [0.25, 0.3) is 0 Å². The lowest BCUT2D eigenvalue weighted by molar-refractivity contribution is -0.129. The summed E-state index contributed by atoms with van der Waals surface area (Å²) in [5.74, 6) is 1.39. The number of benzene rings is 1. The van der Waals surface area contributed by atoms with Gasteiger partial charge in [0.05, 0.1) is 5.54 Å². The fraction of sp³-hybridized carbons (Fsp3) is 0.632. The Morgan fingerprint density at radius 1 is 1.17 bits per heavy atom. The van der Waals surface area contributed by atoms with Gasteiger partial charge in [0.1, 0.15) is 0 Å². The summed E-state index contributed by atoms with van der Waals surface area (Å²) in [5.41, 5.74) is 7.11. The van der Waals surface area contributed by atoms with E-state index >= 15 is 0 Å². The number of hydrogen-bond donors (Lipinski definition) is 2. The van der Waals surface area contributed by atoms with Crippen molar-refractivity contribution in [3.8, 4) is 0 Å². The van der Waals surface area contributed by atoms with Gasteiger partial charge in [-0.25, -0.2) is 0 Å². The molecule has 2 unspecified atom stereocenters. The molecule has 2 bridgehead atoms. The van der Waals surface area contributed by atoms with Gasteiger partial charge in [0.2, 0.25) is 5.91 Å². The molecule has 0 aromatic heterocycles. The highest BCUT2D eigenvalue weighted by Crippen LogP contribution is 2.42. The van der Waals surface area contributed by atoms with Crippen LogP contribution in [0.4, 0.5) is 0 Å². The van der Waals surface area contributed by atoms with Gasteiger partial charge in [0, 0.05) is 16.4 Å². The third-order valence-electron chi connectivity index (χ3n) is 5.79. The van der Waals surface area contributed by atoms with Gasteiger partial charge < -0.3 is 11.1 Å². The quantitative estimate of drug-likeness (QED) is 0.836. The van der Waals surface area contributed by atoms with Gasteiger partial charge in [-0.05, 0) is 69.1 Å². The summed E-state index contributed by atoms with van der Waals surface area (Å²) in [6.07, 6.45) is 5.58. The van der Waals surface area contributed by atoms with Crippen molar-refractivity contribution in [1.29, 1.82) is 0 Å². The summed E-state index contributed by atoms with van der Waals surface area (Å²) in [7, 11) is 0. The van der Waals surface area contributed by atoms with Crippen molar-refractivity contribution in [2.75, 3.05) is 0 Å². The molecule has 1 aromatic carbocycles. The van der Waals surface area contributed by atoms with Crippen molar-refractivity contribution in [2.45, 2.75) is 57.5 Å². The summed E-state index contributed by atoms with van der Waals surface area (Å²) in [5, 5.41) is 3.27. The van der Waals surface area contributed by atoms with Crippen molar-refractivity contribution in [3.63, 3.8) is 0 Å². The number of carbonyl (C=O) groups is 1. The lowest BCUT2D eigenvalue weighted by Crippen LogP contribution is -2.51. The predicted octanol–water partition coefficient (Wildman–Crippen LogP) is 3.95. The van der Waals surface area contributed by atoms with Crippen LogP contribution in [-0.2, 0) is 10.3 Å². The number of amides is 1. The molecule has 2 aliphatic carbocycles. The maximum absolute atomic E-state index is 12.8. The molecule has 126 valence electrons. The fourth-order valence-electron chi connectivity index (χ4n) is 4.35. The molecular weight excluding hydrogens is 352 g/mol. The van der Waals surface area contributed by atoms with E-state index in [-0.39, 0.29) is 17.4 Å². The Balaban J connectivity index is 1.67. The highest BCUT2D eigenvalue weighted by Gasteiger charge is 2.41. The standard InChI is InChI=1S/C19H27BrN2O/c1-19(2,15-6-8-16(20)9-7-15)22-18(23)14-10-12-4-3-5-13(11-14)17(12)21/h6-9,12-14,17H,3-5,10-11,21H2,1-2H3,(H,22,23). The molecule has 0 saturated heterocycles. The van der Waals surface area contributed by atoms with Crippen molar-refractivity contribution in [2.24, 2.45) is 23.5 Å².